The van der Waals surface area contributed by atoms with Crippen molar-refractivity contribution in [1.82, 2.24) is 0 Å². The van der Waals surface area contributed by atoms with Gasteiger partial charge in [-0.05, 0) is 38.0 Å². The van der Waals surface area contributed by atoms with E-state index >= 15 is 0 Å². The second kappa shape index (κ2) is 1.92. The van der Waals surface area contributed by atoms with Crippen LogP contribution in [0.1, 0.15) is 38.5 Å². The van der Waals surface area contributed by atoms with Gasteiger partial charge in [0.25, 0.3) is 0 Å². The summed E-state index contributed by atoms with van der Waals surface area (Å²) in [5.74, 6) is 0.205. The average molecular weight is 187 g/mol. The molecular formula is C10H15F2N. The fourth-order valence-corrected chi connectivity index (χ4v) is 4.28. The molecule has 74 valence electrons. The van der Waals surface area contributed by atoms with Crippen molar-refractivity contribution in [2.75, 3.05) is 0 Å². The normalized spacial score (nSPS) is 64.4. The molecule has 13 heavy (non-hydrogen) atoms. The van der Waals surface area contributed by atoms with E-state index in [0.717, 1.165) is 6.42 Å². The molecule has 3 heteroatoms. The van der Waals surface area contributed by atoms with Gasteiger partial charge >= 0.3 is 0 Å². The van der Waals surface area contributed by atoms with Gasteiger partial charge in [0, 0.05) is 12.0 Å². The highest BCUT2D eigenvalue weighted by molar-refractivity contribution is 5.17. The summed E-state index contributed by atoms with van der Waals surface area (Å²) in [4.78, 5) is 0. The van der Waals surface area contributed by atoms with Crippen LogP contribution in [0.4, 0.5) is 8.78 Å². The van der Waals surface area contributed by atoms with Gasteiger partial charge in [-0.25, -0.2) is 8.78 Å². The van der Waals surface area contributed by atoms with E-state index in [4.69, 9.17) is 5.73 Å². The fourth-order valence-electron chi connectivity index (χ4n) is 4.28. The fraction of sp³-hybridized carbons (Fsp3) is 1.00. The quantitative estimate of drug-likeness (QED) is 0.617. The van der Waals surface area contributed by atoms with Crippen molar-refractivity contribution in [2.45, 2.75) is 55.4 Å². The van der Waals surface area contributed by atoms with Crippen LogP contribution in [0.15, 0.2) is 0 Å². The van der Waals surface area contributed by atoms with Gasteiger partial charge in [-0.15, -0.1) is 0 Å². The third-order valence-corrected chi connectivity index (χ3v) is 3.98. The van der Waals surface area contributed by atoms with Crippen LogP contribution in [0.25, 0.3) is 0 Å². The molecule has 2 unspecified atom stereocenters. The Labute approximate surface area is 76.7 Å². The summed E-state index contributed by atoms with van der Waals surface area (Å²) in [6.45, 7) is 0. The first-order chi connectivity index (χ1) is 5.91. The number of alkyl halides is 2. The van der Waals surface area contributed by atoms with Crippen LogP contribution in [0.5, 0.6) is 0 Å². The van der Waals surface area contributed by atoms with Crippen molar-refractivity contribution >= 4 is 0 Å². The summed E-state index contributed by atoms with van der Waals surface area (Å²) in [7, 11) is 0. The third-order valence-electron chi connectivity index (χ3n) is 3.98. The minimum Gasteiger partial charge on any atom is -0.325 e. The molecule has 0 heterocycles. The van der Waals surface area contributed by atoms with Gasteiger partial charge in [-0.1, -0.05) is 0 Å². The van der Waals surface area contributed by atoms with Gasteiger partial charge < -0.3 is 5.73 Å². The molecule has 0 amide bonds. The van der Waals surface area contributed by atoms with Crippen LogP contribution in [0.2, 0.25) is 0 Å². The largest absolute Gasteiger partial charge is 0.325 e. The van der Waals surface area contributed by atoms with E-state index in [9.17, 15) is 8.78 Å². The molecule has 4 bridgehead atoms. The van der Waals surface area contributed by atoms with Crippen molar-refractivity contribution in [3.8, 4) is 0 Å². The zero-order chi connectivity index (χ0) is 9.32. The van der Waals surface area contributed by atoms with Gasteiger partial charge in [0.15, 0.2) is 0 Å². The first kappa shape index (κ1) is 8.16. The number of hydrogen-bond donors (Lipinski definition) is 1. The zero-order valence-electron chi connectivity index (χ0n) is 7.65. The molecule has 0 aromatic carbocycles. The standard InChI is InChI=1S/C10H15F2N/c11-8-1-7-2-9(12,4-8)6-10(13,3-7)5-8/h7H,1-6,13H2/t7?,8-,9+,10?. The van der Waals surface area contributed by atoms with E-state index < -0.39 is 16.9 Å². The van der Waals surface area contributed by atoms with Gasteiger partial charge in [-0.3, -0.25) is 0 Å². The Morgan fingerprint density at radius 3 is 1.85 bits per heavy atom. The predicted octanol–water partition coefficient (Wildman–Crippen LogP) is 2.10. The molecule has 0 aromatic heterocycles. The molecule has 0 aliphatic heterocycles. The summed E-state index contributed by atoms with van der Waals surface area (Å²) < 4.78 is 28.1. The molecule has 4 fully saturated rings. The lowest BCUT2D eigenvalue weighted by molar-refractivity contribution is -0.143. The maximum atomic E-state index is 14.1. The van der Waals surface area contributed by atoms with Crippen LogP contribution in [0, 0.1) is 5.92 Å². The Hall–Kier alpha value is -0.180. The van der Waals surface area contributed by atoms with Crippen molar-refractivity contribution in [3.63, 3.8) is 0 Å². The molecule has 0 saturated heterocycles. The monoisotopic (exact) mass is 187 g/mol. The third kappa shape index (κ3) is 1.06. The van der Waals surface area contributed by atoms with E-state index in [1.165, 1.54) is 0 Å². The lowest BCUT2D eigenvalue weighted by Crippen LogP contribution is -2.66. The molecule has 4 atom stereocenters. The van der Waals surface area contributed by atoms with Crippen molar-refractivity contribution < 1.29 is 8.78 Å². The van der Waals surface area contributed by atoms with Gasteiger partial charge in [0.1, 0.15) is 11.3 Å². The topological polar surface area (TPSA) is 26.0 Å². The molecule has 4 saturated carbocycles. The molecule has 0 aromatic rings. The van der Waals surface area contributed by atoms with Crippen LogP contribution >= 0.6 is 0 Å². The summed E-state index contributed by atoms with van der Waals surface area (Å²) >= 11 is 0. The highest BCUT2D eigenvalue weighted by Gasteiger charge is 2.63. The number of rotatable bonds is 0. The Balaban J connectivity index is 2.03. The SMILES string of the molecule is NC12CC3C[C@@](F)(C1)C[C@](F)(C3)C2. The van der Waals surface area contributed by atoms with Gasteiger partial charge in [-0.2, -0.15) is 0 Å². The smallest absolute Gasteiger partial charge is 0.116 e. The second-order valence-corrected chi connectivity index (χ2v) is 5.67. The first-order valence-corrected chi connectivity index (χ1v) is 5.07. The summed E-state index contributed by atoms with van der Waals surface area (Å²) in [5.41, 5.74) is 2.94. The van der Waals surface area contributed by atoms with Crippen LogP contribution in [-0.4, -0.2) is 16.9 Å². The molecule has 1 nitrogen and oxygen atoms in total. The van der Waals surface area contributed by atoms with E-state index in [1.54, 1.807) is 0 Å². The summed E-state index contributed by atoms with van der Waals surface area (Å²) in [6, 6.07) is 0. The van der Waals surface area contributed by atoms with E-state index in [0.29, 0.717) is 25.7 Å². The Bertz CT molecular complexity index is 215. The number of nitrogens with two attached hydrogens (primary N) is 1. The average Bonchev–Trinajstić information content (AvgIpc) is 1.71. The van der Waals surface area contributed by atoms with Gasteiger partial charge in [0.2, 0.25) is 0 Å². The Kier molecular flexibility index (Phi) is 1.21. The molecule has 0 spiro atoms. The van der Waals surface area contributed by atoms with Crippen molar-refractivity contribution in [2.24, 2.45) is 11.7 Å². The van der Waals surface area contributed by atoms with Crippen molar-refractivity contribution in [1.29, 1.82) is 0 Å². The molecule has 0 radical (unpaired) electrons. The van der Waals surface area contributed by atoms with E-state index in [-0.39, 0.29) is 12.3 Å². The maximum absolute atomic E-state index is 14.1. The van der Waals surface area contributed by atoms with Crippen LogP contribution < -0.4 is 5.73 Å². The molecule has 4 rings (SSSR count). The Morgan fingerprint density at radius 2 is 1.46 bits per heavy atom. The summed E-state index contributed by atoms with van der Waals surface area (Å²) in [5, 5.41) is 0. The maximum Gasteiger partial charge on any atom is 0.116 e. The first-order valence-electron chi connectivity index (χ1n) is 5.07. The van der Waals surface area contributed by atoms with E-state index in [1.807, 2.05) is 0 Å². The van der Waals surface area contributed by atoms with E-state index in [2.05, 4.69) is 0 Å². The predicted molar refractivity (Wildman–Crippen MR) is 45.8 cm³/mol. The van der Waals surface area contributed by atoms with Crippen LogP contribution in [-0.2, 0) is 0 Å². The highest BCUT2D eigenvalue weighted by atomic mass is 19.2. The lowest BCUT2D eigenvalue weighted by atomic mass is 9.51. The Morgan fingerprint density at radius 1 is 0.923 bits per heavy atom. The molecule has 2 N–H and O–H groups in total. The molecule has 4 aliphatic rings. The minimum absolute atomic E-state index is 0.107. The number of hydrogen-bond acceptors (Lipinski definition) is 1. The molecule has 4 aliphatic carbocycles. The zero-order valence-corrected chi connectivity index (χ0v) is 7.65. The second-order valence-electron chi connectivity index (χ2n) is 5.67. The molecular weight excluding hydrogens is 172 g/mol. The highest BCUT2D eigenvalue weighted by Crippen LogP contribution is 2.61. The lowest BCUT2D eigenvalue weighted by Gasteiger charge is -2.59. The number of halogens is 2. The van der Waals surface area contributed by atoms with Crippen molar-refractivity contribution in [3.05, 3.63) is 0 Å². The van der Waals surface area contributed by atoms with Gasteiger partial charge in [0.05, 0.1) is 0 Å². The van der Waals surface area contributed by atoms with Crippen LogP contribution in [0.3, 0.4) is 0 Å². The minimum atomic E-state index is -1.27. The summed E-state index contributed by atoms with van der Waals surface area (Å²) in [6.07, 6.45) is 2.83.